The number of carbonyl (C=O) groups excluding carboxylic acids is 2. The number of aryl methyl sites for hydroxylation is 1. The summed E-state index contributed by atoms with van der Waals surface area (Å²) in [7, 11) is 0. The highest BCUT2D eigenvalue weighted by molar-refractivity contribution is 5.99. The Morgan fingerprint density at radius 1 is 1.42 bits per heavy atom. The Morgan fingerprint density at radius 2 is 2.21 bits per heavy atom. The van der Waals surface area contributed by atoms with Crippen LogP contribution >= 0.6 is 0 Å². The summed E-state index contributed by atoms with van der Waals surface area (Å²) in [4.78, 5) is 40.8. The van der Waals surface area contributed by atoms with Gasteiger partial charge in [-0.15, -0.1) is 0 Å². The van der Waals surface area contributed by atoms with Crippen molar-refractivity contribution in [2.45, 2.75) is 25.8 Å². The first-order chi connectivity index (χ1) is 11.5. The molecular weight excluding hydrogens is 310 g/mol. The summed E-state index contributed by atoms with van der Waals surface area (Å²) < 4.78 is 6.89. The van der Waals surface area contributed by atoms with Crippen LogP contribution < -0.4 is 15.6 Å². The highest BCUT2D eigenvalue weighted by Crippen LogP contribution is 2.24. The van der Waals surface area contributed by atoms with E-state index in [1.807, 2.05) is 0 Å². The molecule has 0 spiro atoms. The van der Waals surface area contributed by atoms with Gasteiger partial charge in [0.25, 0.3) is 5.56 Å². The quantitative estimate of drug-likeness (QED) is 0.674. The first-order valence-corrected chi connectivity index (χ1v) is 7.62. The fourth-order valence-corrected chi connectivity index (χ4v) is 2.86. The molecule has 0 bridgehead atoms. The molecule has 0 radical (unpaired) electrons. The lowest BCUT2D eigenvalue weighted by molar-refractivity contribution is -0.135. The Morgan fingerprint density at radius 3 is 2.92 bits per heavy atom. The van der Waals surface area contributed by atoms with E-state index in [4.69, 9.17) is 4.74 Å². The summed E-state index contributed by atoms with van der Waals surface area (Å²) in [6, 6.07) is 4.35. The zero-order chi connectivity index (χ0) is 17.3. The molecule has 1 fully saturated rings. The molecule has 1 aliphatic rings. The lowest BCUT2D eigenvalue weighted by Crippen LogP contribution is -2.45. The van der Waals surface area contributed by atoms with Crippen molar-refractivity contribution >= 4 is 22.7 Å². The average molecular weight is 327 g/mol. The van der Waals surface area contributed by atoms with Crippen LogP contribution in [0.3, 0.4) is 0 Å². The van der Waals surface area contributed by atoms with Crippen molar-refractivity contribution in [2.75, 3.05) is 6.61 Å². The van der Waals surface area contributed by atoms with Gasteiger partial charge in [-0.3, -0.25) is 24.3 Å². The van der Waals surface area contributed by atoms with Gasteiger partial charge in [0.05, 0.1) is 5.39 Å². The summed E-state index contributed by atoms with van der Waals surface area (Å²) in [5, 5.41) is 2.64. The van der Waals surface area contributed by atoms with Gasteiger partial charge < -0.3 is 4.74 Å². The molecule has 0 aliphatic carbocycles. The van der Waals surface area contributed by atoms with E-state index in [-0.39, 0.29) is 24.3 Å². The van der Waals surface area contributed by atoms with Gasteiger partial charge in [-0.1, -0.05) is 18.7 Å². The molecule has 7 nitrogen and oxygen atoms in total. The molecule has 0 saturated carbocycles. The molecule has 24 heavy (non-hydrogen) atoms. The topological polar surface area (TPSA) is 90.3 Å². The van der Waals surface area contributed by atoms with Crippen LogP contribution in [-0.4, -0.2) is 28.0 Å². The second kappa shape index (κ2) is 6.27. The Balaban J connectivity index is 2.14. The summed E-state index contributed by atoms with van der Waals surface area (Å²) in [6.07, 6.45) is 2.09. The van der Waals surface area contributed by atoms with Gasteiger partial charge in [-0.05, 0) is 25.5 Å². The van der Waals surface area contributed by atoms with Gasteiger partial charge in [-0.25, -0.2) is 4.98 Å². The molecule has 7 heteroatoms. The van der Waals surface area contributed by atoms with Crippen molar-refractivity contribution < 1.29 is 14.3 Å². The minimum Gasteiger partial charge on any atom is -0.487 e. The van der Waals surface area contributed by atoms with E-state index in [2.05, 4.69) is 16.9 Å². The number of amides is 2. The van der Waals surface area contributed by atoms with Gasteiger partial charge in [0.2, 0.25) is 11.8 Å². The number of nitrogens with zero attached hydrogens (tertiary/aromatic N) is 2. The minimum absolute atomic E-state index is 0.197. The maximum atomic E-state index is 12.9. The van der Waals surface area contributed by atoms with Crippen molar-refractivity contribution in [1.29, 1.82) is 0 Å². The van der Waals surface area contributed by atoms with E-state index in [0.29, 0.717) is 29.1 Å². The molecule has 1 N–H and O–H groups in total. The van der Waals surface area contributed by atoms with Crippen molar-refractivity contribution in [2.24, 2.45) is 0 Å². The molecule has 1 saturated heterocycles. The van der Waals surface area contributed by atoms with Gasteiger partial charge in [0.15, 0.2) is 0 Å². The van der Waals surface area contributed by atoms with E-state index in [9.17, 15) is 14.4 Å². The Kier molecular flexibility index (Phi) is 4.16. The SMILES string of the molecule is C=CCOc1cccc2c(=O)n(C3CCC(=O)NC3=O)c(C)nc12. The molecule has 2 heterocycles. The number of para-hydroxylation sites is 1. The van der Waals surface area contributed by atoms with Crippen LogP contribution in [-0.2, 0) is 9.59 Å². The van der Waals surface area contributed by atoms with E-state index >= 15 is 0 Å². The van der Waals surface area contributed by atoms with Crippen LogP contribution in [0.25, 0.3) is 10.9 Å². The normalized spacial score (nSPS) is 17.6. The van der Waals surface area contributed by atoms with Crippen LogP contribution in [0.5, 0.6) is 5.75 Å². The highest BCUT2D eigenvalue weighted by Gasteiger charge is 2.30. The molecule has 1 aromatic carbocycles. The van der Waals surface area contributed by atoms with Crippen LogP contribution in [0.4, 0.5) is 0 Å². The Labute approximate surface area is 137 Å². The molecule has 1 unspecified atom stereocenters. The molecular formula is C17H17N3O4. The van der Waals surface area contributed by atoms with Gasteiger partial charge >= 0.3 is 0 Å². The number of carbonyl (C=O) groups is 2. The second-order valence-corrected chi connectivity index (χ2v) is 5.55. The summed E-state index contributed by atoms with van der Waals surface area (Å²) in [5.74, 6) is 0.0900. The zero-order valence-corrected chi connectivity index (χ0v) is 13.2. The smallest absolute Gasteiger partial charge is 0.262 e. The summed E-state index contributed by atoms with van der Waals surface area (Å²) in [6.45, 7) is 5.56. The van der Waals surface area contributed by atoms with Crippen LogP contribution in [0.1, 0.15) is 24.7 Å². The molecule has 2 amide bonds. The van der Waals surface area contributed by atoms with Gasteiger partial charge in [0.1, 0.15) is 29.7 Å². The van der Waals surface area contributed by atoms with Crippen molar-refractivity contribution in [3.8, 4) is 5.75 Å². The van der Waals surface area contributed by atoms with E-state index in [1.165, 1.54) is 4.57 Å². The third-order valence-corrected chi connectivity index (χ3v) is 3.95. The fourth-order valence-electron chi connectivity index (χ4n) is 2.86. The standard InChI is InChI=1S/C17H17N3O4/c1-3-9-24-13-6-4-5-11-15(13)18-10(2)20(17(11)23)12-7-8-14(21)19-16(12)22/h3-6,12H,1,7-9H2,2H3,(H,19,21,22). The maximum absolute atomic E-state index is 12.9. The predicted octanol–water partition coefficient (Wildman–Crippen LogP) is 1.25. The molecule has 124 valence electrons. The third-order valence-electron chi connectivity index (χ3n) is 3.95. The fraction of sp³-hybridized carbons (Fsp3) is 0.294. The Hall–Kier alpha value is -2.96. The van der Waals surface area contributed by atoms with E-state index < -0.39 is 11.9 Å². The second-order valence-electron chi connectivity index (χ2n) is 5.55. The molecule has 2 aromatic rings. The number of hydrogen-bond acceptors (Lipinski definition) is 5. The first-order valence-electron chi connectivity index (χ1n) is 7.62. The first kappa shape index (κ1) is 15.9. The molecule has 1 aliphatic heterocycles. The number of benzene rings is 1. The largest absolute Gasteiger partial charge is 0.487 e. The van der Waals surface area contributed by atoms with E-state index in [1.54, 1.807) is 31.2 Å². The summed E-state index contributed by atoms with van der Waals surface area (Å²) in [5.41, 5.74) is 0.126. The monoisotopic (exact) mass is 327 g/mol. The van der Waals surface area contributed by atoms with E-state index in [0.717, 1.165) is 0 Å². The zero-order valence-electron chi connectivity index (χ0n) is 13.2. The van der Waals surface area contributed by atoms with Crippen molar-refractivity contribution in [1.82, 2.24) is 14.9 Å². The number of nitrogens with one attached hydrogen (secondary N) is 1. The van der Waals surface area contributed by atoms with Crippen LogP contribution in [0.2, 0.25) is 0 Å². The number of aromatic nitrogens is 2. The number of rotatable bonds is 4. The van der Waals surface area contributed by atoms with Gasteiger partial charge in [-0.2, -0.15) is 0 Å². The molecule has 3 rings (SSSR count). The number of piperidine rings is 1. The number of fused-ring (bicyclic) bond motifs is 1. The Bertz CT molecular complexity index is 901. The van der Waals surface area contributed by atoms with Crippen LogP contribution in [0, 0.1) is 6.92 Å². The van der Waals surface area contributed by atoms with Crippen molar-refractivity contribution in [3.63, 3.8) is 0 Å². The third kappa shape index (κ3) is 2.68. The van der Waals surface area contributed by atoms with Crippen molar-refractivity contribution in [3.05, 3.63) is 47.0 Å². The number of ether oxygens (including phenoxy) is 1. The van der Waals surface area contributed by atoms with Gasteiger partial charge in [0, 0.05) is 6.42 Å². The molecule has 1 atom stereocenters. The average Bonchev–Trinajstić information content (AvgIpc) is 2.55. The lowest BCUT2D eigenvalue weighted by atomic mass is 10.1. The minimum atomic E-state index is -0.732. The summed E-state index contributed by atoms with van der Waals surface area (Å²) >= 11 is 0. The number of hydrogen-bond donors (Lipinski definition) is 1. The lowest BCUT2D eigenvalue weighted by Gasteiger charge is -2.24. The number of imide groups is 1. The predicted molar refractivity (Wildman–Crippen MR) is 87.9 cm³/mol. The maximum Gasteiger partial charge on any atom is 0.262 e. The molecule has 1 aromatic heterocycles. The van der Waals surface area contributed by atoms with Crippen LogP contribution in [0.15, 0.2) is 35.6 Å². The highest BCUT2D eigenvalue weighted by atomic mass is 16.5.